The molecule has 1 aromatic rings. The highest BCUT2D eigenvalue weighted by Crippen LogP contribution is 2.20. The van der Waals surface area contributed by atoms with Crippen molar-refractivity contribution < 1.29 is 4.79 Å². The smallest absolute Gasteiger partial charge is 0.239 e. The molecular formula is C11H17N5OS. The maximum absolute atomic E-state index is 12.1. The van der Waals surface area contributed by atoms with Crippen molar-refractivity contribution in [3.63, 3.8) is 0 Å². The van der Waals surface area contributed by atoms with E-state index in [0.717, 1.165) is 37.7 Å². The maximum atomic E-state index is 12.1. The van der Waals surface area contributed by atoms with Crippen molar-refractivity contribution in [2.24, 2.45) is 0 Å². The van der Waals surface area contributed by atoms with Crippen LogP contribution in [0.1, 0.15) is 6.04 Å². The van der Waals surface area contributed by atoms with Crippen LogP contribution in [0.4, 0.5) is 5.82 Å². The Balaban J connectivity index is 1.64. The summed E-state index contributed by atoms with van der Waals surface area (Å²) in [6.45, 7) is 3.57. The number of rotatable bonds is 3. The van der Waals surface area contributed by atoms with Crippen LogP contribution in [-0.2, 0) is 4.79 Å². The van der Waals surface area contributed by atoms with Gasteiger partial charge in [-0.3, -0.25) is 4.79 Å². The number of amides is 1. The summed E-state index contributed by atoms with van der Waals surface area (Å²) in [5.41, 5.74) is 0. The topological polar surface area (TPSA) is 71.0 Å². The Bertz CT molecular complexity index is 425. The van der Waals surface area contributed by atoms with Crippen LogP contribution in [0.5, 0.6) is 0 Å². The molecule has 2 aliphatic rings. The van der Waals surface area contributed by atoms with Crippen LogP contribution in [-0.4, -0.2) is 52.9 Å². The lowest BCUT2D eigenvalue weighted by Gasteiger charge is -2.29. The normalized spacial score (nSPS) is 24.6. The van der Waals surface area contributed by atoms with Gasteiger partial charge in [-0.2, -0.15) is 5.10 Å². The summed E-state index contributed by atoms with van der Waals surface area (Å²) in [6, 6.07) is 2.23. The molecule has 98 valence electrons. The van der Waals surface area contributed by atoms with Crippen LogP contribution in [0.3, 0.4) is 0 Å². The molecular weight excluding hydrogens is 250 g/mol. The highest BCUT2D eigenvalue weighted by molar-refractivity contribution is 8.00. The average molecular weight is 267 g/mol. The zero-order valence-corrected chi connectivity index (χ0v) is 10.9. The highest BCUT2D eigenvalue weighted by Gasteiger charge is 2.25. The largest absolute Gasteiger partial charge is 0.314 e. The van der Waals surface area contributed by atoms with Crippen LogP contribution < -0.4 is 16.0 Å². The van der Waals surface area contributed by atoms with Gasteiger partial charge in [0.05, 0.1) is 17.5 Å². The first-order chi connectivity index (χ1) is 8.84. The zero-order chi connectivity index (χ0) is 12.4. The van der Waals surface area contributed by atoms with E-state index in [1.807, 2.05) is 10.7 Å². The second-order valence-corrected chi connectivity index (χ2v) is 5.84. The van der Waals surface area contributed by atoms with E-state index in [-0.39, 0.29) is 11.2 Å². The molecule has 3 heterocycles. The summed E-state index contributed by atoms with van der Waals surface area (Å²) in [4.78, 5) is 12.1. The summed E-state index contributed by atoms with van der Waals surface area (Å²) in [6.07, 6.45) is 1.74. The minimum atomic E-state index is 0.00150. The van der Waals surface area contributed by atoms with E-state index in [2.05, 4.69) is 21.0 Å². The third kappa shape index (κ3) is 2.38. The molecule has 18 heavy (non-hydrogen) atoms. The first kappa shape index (κ1) is 12.0. The quantitative estimate of drug-likeness (QED) is 0.699. The van der Waals surface area contributed by atoms with Crippen molar-refractivity contribution in [3.05, 3.63) is 12.3 Å². The zero-order valence-electron chi connectivity index (χ0n) is 10.1. The monoisotopic (exact) mass is 267 g/mol. The van der Waals surface area contributed by atoms with Gasteiger partial charge in [0.2, 0.25) is 5.91 Å². The van der Waals surface area contributed by atoms with Gasteiger partial charge >= 0.3 is 0 Å². The first-order valence-corrected chi connectivity index (χ1v) is 7.27. The molecule has 1 atom stereocenters. The summed E-state index contributed by atoms with van der Waals surface area (Å²) in [7, 11) is 0. The van der Waals surface area contributed by atoms with Crippen molar-refractivity contribution >= 4 is 23.5 Å². The van der Waals surface area contributed by atoms with E-state index >= 15 is 0 Å². The minimum Gasteiger partial charge on any atom is -0.314 e. The first-order valence-electron chi connectivity index (χ1n) is 6.22. The highest BCUT2D eigenvalue weighted by atomic mass is 32.2. The van der Waals surface area contributed by atoms with Crippen molar-refractivity contribution in [1.29, 1.82) is 0 Å². The van der Waals surface area contributed by atoms with Crippen LogP contribution in [0, 0.1) is 0 Å². The average Bonchev–Trinajstić information content (AvgIpc) is 2.76. The second kappa shape index (κ2) is 5.29. The molecule has 2 fully saturated rings. The second-order valence-electron chi connectivity index (χ2n) is 4.53. The molecule has 1 unspecified atom stereocenters. The SMILES string of the molecule is O=C(Nc1ccnn1C1CNC1)C1CNCCS1. The van der Waals surface area contributed by atoms with Gasteiger partial charge in [-0.05, 0) is 0 Å². The van der Waals surface area contributed by atoms with Crippen LogP contribution in [0.15, 0.2) is 12.3 Å². The summed E-state index contributed by atoms with van der Waals surface area (Å²) >= 11 is 1.71. The van der Waals surface area contributed by atoms with Gasteiger partial charge in [0.1, 0.15) is 5.82 Å². The Kier molecular flexibility index (Phi) is 3.53. The standard InChI is InChI=1S/C11H17N5OS/c17-11(9-7-12-3-4-18-9)15-10-1-2-14-16(10)8-5-13-6-8/h1-2,8-9,12-13H,3-7H2,(H,15,17). The van der Waals surface area contributed by atoms with E-state index in [1.54, 1.807) is 18.0 Å². The van der Waals surface area contributed by atoms with Crippen molar-refractivity contribution in [1.82, 2.24) is 20.4 Å². The number of aromatic nitrogens is 2. The Morgan fingerprint density at radius 3 is 3.00 bits per heavy atom. The fourth-order valence-electron chi connectivity index (χ4n) is 2.09. The number of thioether (sulfide) groups is 1. The van der Waals surface area contributed by atoms with E-state index < -0.39 is 0 Å². The predicted molar refractivity (Wildman–Crippen MR) is 71.9 cm³/mol. The molecule has 3 rings (SSSR count). The van der Waals surface area contributed by atoms with E-state index in [1.165, 1.54) is 0 Å². The molecule has 7 heteroatoms. The van der Waals surface area contributed by atoms with Gasteiger partial charge in [-0.1, -0.05) is 0 Å². The Hall–Kier alpha value is -1.05. The number of anilines is 1. The molecule has 3 N–H and O–H groups in total. The lowest BCUT2D eigenvalue weighted by molar-refractivity contribution is -0.115. The summed E-state index contributed by atoms with van der Waals surface area (Å²) in [5.74, 6) is 1.86. The van der Waals surface area contributed by atoms with E-state index in [4.69, 9.17) is 0 Å². The molecule has 0 aromatic carbocycles. The van der Waals surface area contributed by atoms with Crippen molar-refractivity contribution in [2.45, 2.75) is 11.3 Å². The lowest BCUT2D eigenvalue weighted by atomic mass is 10.2. The molecule has 6 nitrogen and oxygen atoms in total. The summed E-state index contributed by atoms with van der Waals surface area (Å²) in [5, 5.41) is 13.7. The van der Waals surface area contributed by atoms with E-state index in [9.17, 15) is 4.79 Å². The van der Waals surface area contributed by atoms with Crippen LogP contribution in [0.2, 0.25) is 0 Å². The van der Waals surface area contributed by atoms with Gasteiger partial charge in [0, 0.05) is 38.0 Å². The van der Waals surface area contributed by atoms with Crippen LogP contribution in [0.25, 0.3) is 0 Å². The molecule has 1 amide bonds. The van der Waals surface area contributed by atoms with Gasteiger partial charge < -0.3 is 16.0 Å². The Morgan fingerprint density at radius 1 is 1.44 bits per heavy atom. The molecule has 0 bridgehead atoms. The van der Waals surface area contributed by atoms with E-state index in [0.29, 0.717) is 6.04 Å². The summed E-state index contributed by atoms with van der Waals surface area (Å²) < 4.78 is 1.90. The number of nitrogens with one attached hydrogen (secondary N) is 3. The maximum Gasteiger partial charge on any atom is 0.239 e. The molecule has 0 saturated carbocycles. The third-order valence-electron chi connectivity index (χ3n) is 3.25. The molecule has 2 aliphatic heterocycles. The van der Waals surface area contributed by atoms with Gasteiger partial charge in [-0.25, -0.2) is 4.68 Å². The molecule has 1 aromatic heterocycles. The molecule has 0 aliphatic carbocycles. The fourth-order valence-corrected chi connectivity index (χ4v) is 3.08. The van der Waals surface area contributed by atoms with Crippen LogP contribution >= 0.6 is 11.8 Å². The lowest BCUT2D eigenvalue weighted by Crippen LogP contribution is -2.45. The third-order valence-corrected chi connectivity index (χ3v) is 4.47. The molecule has 2 saturated heterocycles. The van der Waals surface area contributed by atoms with Gasteiger partial charge in [-0.15, -0.1) is 11.8 Å². The van der Waals surface area contributed by atoms with Gasteiger partial charge in [0.15, 0.2) is 0 Å². The van der Waals surface area contributed by atoms with Crippen molar-refractivity contribution in [2.75, 3.05) is 37.2 Å². The number of carbonyl (C=O) groups is 1. The Labute approximate surface area is 110 Å². The Morgan fingerprint density at radius 2 is 2.33 bits per heavy atom. The predicted octanol–water partition coefficient (Wildman–Crippen LogP) is -0.329. The number of hydrogen-bond acceptors (Lipinski definition) is 5. The number of nitrogens with zero attached hydrogens (tertiary/aromatic N) is 2. The number of hydrogen-bond donors (Lipinski definition) is 3. The fraction of sp³-hybridized carbons (Fsp3) is 0.636. The van der Waals surface area contributed by atoms with Gasteiger partial charge in [0.25, 0.3) is 0 Å². The minimum absolute atomic E-state index is 0.00150. The molecule has 0 radical (unpaired) electrons. The van der Waals surface area contributed by atoms with Crippen molar-refractivity contribution in [3.8, 4) is 0 Å². The number of carbonyl (C=O) groups excluding carboxylic acids is 1. The molecule has 0 spiro atoms.